The lowest BCUT2D eigenvalue weighted by Crippen LogP contribution is -2.06. The molecule has 1 heterocycles. The lowest BCUT2D eigenvalue weighted by Gasteiger charge is -2.13. The highest BCUT2D eigenvalue weighted by molar-refractivity contribution is 6.23. The number of halogens is 6. The lowest BCUT2D eigenvalue weighted by atomic mass is 10.0. The minimum Gasteiger partial charge on any atom is -0.243 e. The highest BCUT2D eigenvalue weighted by Gasteiger charge is 2.34. The van der Waals surface area contributed by atoms with Gasteiger partial charge < -0.3 is 0 Å². The van der Waals surface area contributed by atoms with Gasteiger partial charge in [-0.2, -0.15) is 32.9 Å². The first-order valence-electron chi connectivity index (χ1n) is 10.4. The van der Waals surface area contributed by atoms with Crippen LogP contribution in [-0.4, -0.2) is 15.7 Å². The Morgan fingerprint density at radius 2 is 1.03 bits per heavy atom. The van der Waals surface area contributed by atoms with Crippen molar-refractivity contribution in [3.8, 4) is 33.8 Å². The maximum atomic E-state index is 13.1. The SMILES string of the molecule is [C-]#[N+]N=C1c2ccccc2-c2nc(-c3ccc(C(F)(F)F)cc3)c(-c3ccc(C(F)(F)F)cc3)nc21. The molecule has 10 heteroatoms. The van der Waals surface area contributed by atoms with Gasteiger partial charge in [0, 0.05) is 22.3 Å². The Morgan fingerprint density at radius 1 is 0.583 bits per heavy atom. The van der Waals surface area contributed by atoms with Crippen LogP contribution in [0.3, 0.4) is 0 Å². The van der Waals surface area contributed by atoms with E-state index >= 15 is 0 Å². The Morgan fingerprint density at radius 3 is 1.47 bits per heavy atom. The van der Waals surface area contributed by atoms with Gasteiger partial charge in [0.15, 0.2) is 5.71 Å². The highest BCUT2D eigenvalue weighted by Crippen LogP contribution is 2.41. The van der Waals surface area contributed by atoms with Crippen LogP contribution in [0.4, 0.5) is 26.3 Å². The first kappa shape index (κ1) is 23.2. The van der Waals surface area contributed by atoms with Crippen LogP contribution in [0.15, 0.2) is 77.9 Å². The van der Waals surface area contributed by atoms with E-state index in [1.807, 2.05) is 0 Å². The Kier molecular flexibility index (Phi) is 5.36. The number of hydrogen-bond donors (Lipinski definition) is 0. The molecule has 4 nitrogen and oxygen atoms in total. The molecule has 0 unspecified atom stereocenters. The summed E-state index contributed by atoms with van der Waals surface area (Å²) in [6.45, 7) is 7.19. The van der Waals surface area contributed by atoms with Crippen molar-refractivity contribution in [2.45, 2.75) is 12.4 Å². The fourth-order valence-electron chi connectivity index (χ4n) is 4.00. The molecule has 4 aromatic rings. The summed E-state index contributed by atoms with van der Waals surface area (Å²) >= 11 is 0. The highest BCUT2D eigenvalue weighted by atomic mass is 19.4. The maximum absolute atomic E-state index is 13.1. The van der Waals surface area contributed by atoms with E-state index < -0.39 is 23.5 Å². The van der Waals surface area contributed by atoms with Gasteiger partial charge in [0.2, 0.25) is 0 Å². The number of hydrogen-bond acceptors (Lipinski definition) is 3. The normalized spacial score (nSPS) is 13.9. The summed E-state index contributed by atoms with van der Waals surface area (Å²) in [7, 11) is 0. The Balaban J connectivity index is 1.76. The summed E-state index contributed by atoms with van der Waals surface area (Å²) in [6.07, 6.45) is -9.09. The summed E-state index contributed by atoms with van der Waals surface area (Å²) in [5.41, 5.74) is 1.31. The van der Waals surface area contributed by atoms with Gasteiger partial charge in [0.05, 0.1) is 33.3 Å². The molecule has 0 spiro atoms. The average Bonchev–Trinajstić information content (AvgIpc) is 3.15. The molecule has 0 saturated heterocycles. The lowest BCUT2D eigenvalue weighted by molar-refractivity contribution is -0.138. The number of aromatic nitrogens is 2. The number of fused-ring (bicyclic) bond motifs is 3. The molecule has 1 aromatic heterocycles. The van der Waals surface area contributed by atoms with Gasteiger partial charge in [-0.3, -0.25) is 0 Å². The molecule has 0 atom stereocenters. The monoisotopic (exact) mass is 494 g/mol. The van der Waals surface area contributed by atoms with Crippen LogP contribution >= 0.6 is 0 Å². The zero-order valence-electron chi connectivity index (χ0n) is 18.0. The van der Waals surface area contributed by atoms with E-state index in [0.29, 0.717) is 22.4 Å². The molecule has 0 saturated carbocycles. The fourth-order valence-corrected chi connectivity index (χ4v) is 4.00. The van der Waals surface area contributed by atoms with Crippen molar-refractivity contribution < 1.29 is 26.3 Å². The summed E-state index contributed by atoms with van der Waals surface area (Å²) in [4.78, 5) is 12.4. The summed E-state index contributed by atoms with van der Waals surface area (Å²) in [5.74, 6) is 0. The van der Waals surface area contributed by atoms with Crippen molar-refractivity contribution in [2.24, 2.45) is 5.10 Å². The van der Waals surface area contributed by atoms with Crippen LogP contribution in [0.1, 0.15) is 22.4 Å². The van der Waals surface area contributed by atoms with E-state index in [1.54, 1.807) is 24.3 Å². The first-order chi connectivity index (χ1) is 17.1. The van der Waals surface area contributed by atoms with Crippen molar-refractivity contribution in [3.05, 3.63) is 107 Å². The third kappa shape index (κ3) is 3.98. The van der Waals surface area contributed by atoms with E-state index in [9.17, 15) is 26.3 Å². The zero-order valence-corrected chi connectivity index (χ0v) is 18.0. The van der Waals surface area contributed by atoms with Gasteiger partial charge in [-0.15, -0.1) is 4.95 Å². The number of benzene rings is 3. The molecule has 0 N–H and O–H groups in total. The van der Waals surface area contributed by atoms with E-state index in [2.05, 4.69) is 20.0 Å². The van der Waals surface area contributed by atoms with Crippen LogP contribution in [-0.2, 0) is 12.4 Å². The molecular formula is C26H12F6N4. The quantitative estimate of drug-likeness (QED) is 0.145. The molecule has 0 amide bonds. The largest absolute Gasteiger partial charge is 0.416 e. The smallest absolute Gasteiger partial charge is 0.243 e. The molecule has 1 aliphatic carbocycles. The van der Waals surface area contributed by atoms with Crippen LogP contribution in [0.5, 0.6) is 0 Å². The molecule has 5 rings (SSSR count). The van der Waals surface area contributed by atoms with Crippen molar-refractivity contribution in [2.75, 3.05) is 0 Å². The van der Waals surface area contributed by atoms with Crippen LogP contribution in [0.25, 0.3) is 38.7 Å². The fraction of sp³-hybridized carbons (Fsp3) is 0.0769. The van der Waals surface area contributed by atoms with Crippen molar-refractivity contribution in [3.63, 3.8) is 0 Å². The van der Waals surface area contributed by atoms with E-state index in [4.69, 9.17) is 6.57 Å². The summed E-state index contributed by atoms with van der Waals surface area (Å²) in [5, 5.41) is 3.86. The van der Waals surface area contributed by atoms with Crippen molar-refractivity contribution >= 4 is 5.71 Å². The predicted octanol–water partition coefficient (Wildman–Crippen LogP) is 7.50. The van der Waals surface area contributed by atoms with Gasteiger partial charge in [-0.1, -0.05) is 48.5 Å². The molecule has 178 valence electrons. The molecule has 0 fully saturated rings. The van der Waals surface area contributed by atoms with Gasteiger partial charge >= 0.3 is 12.4 Å². The molecule has 0 bridgehead atoms. The predicted molar refractivity (Wildman–Crippen MR) is 121 cm³/mol. The van der Waals surface area contributed by atoms with E-state index in [-0.39, 0.29) is 28.4 Å². The number of rotatable bonds is 2. The van der Waals surface area contributed by atoms with Gasteiger partial charge in [0.1, 0.15) is 5.69 Å². The maximum Gasteiger partial charge on any atom is 0.416 e. The van der Waals surface area contributed by atoms with Crippen LogP contribution < -0.4 is 0 Å². The third-order valence-electron chi connectivity index (χ3n) is 5.68. The average molecular weight is 494 g/mol. The number of nitrogens with zero attached hydrogens (tertiary/aromatic N) is 4. The van der Waals surface area contributed by atoms with E-state index in [1.165, 1.54) is 24.3 Å². The van der Waals surface area contributed by atoms with Crippen molar-refractivity contribution in [1.29, 1.82) is 0 Å². The number of alkyl halides is 6. The van der Waals surface area contributed by atoms with E-state index in [0.717, 1.165) is 24.3 Å². The van der Waals surface area contributed by atoms with Crippen LogP contribution in [0.2, 0.25) is 0 Å². The van der Waals surface area contributed by atoms with Crippen LogP contribution in [0, 0.1) is 6.57 Å². The summed E-state index contributed by atoms with van der Waals surface area (Å²) in [6, 6.07) is 15.5. The minimum atomic E-state index is -4.55. The van der Waals surface area contributed by atoms with Gasteiger partial charge in [-0.05, 0) is 24.3 Å². The molecular weight excluding hydrogens is 482 g/mol. The molecule has 3 aromatic carbocycles. The Labute approximate surface area is 200 Å². The standard InChI is InChI=1S/C26H12F6N4/c1-33-36-23-19-5-3-2-4-18(19)22-24(23)35-21(15-8-12-17(13-9-15)26(30,31)32)20(34-22)14-6-10-16(11-7-14)25(27,28)29/h2-13H. The Hall–Kier alpha value is -4.52. The topological polar surface area (TPSA) is 42.5 Å². The third-order valence-corrected chi connectivity index (χ3v) is 5.68. The van der Waals surface area contributed by atoms with Gasteiger partial charge in [-0.25, -0.2) is 9.97 Å². The van der Waals surface area contributed by atoms with Gasteiger partial charge in [0.25, 0.3) is 0 Å². The Bertz CT molecular complexity index is 1540. The molecule has 0 aliphatic heterocycles. The summed E-state index contributed by atoms with van der Waals surface area (Å²) < 4.78 is 78.6. The minimum absolute atomic E-state index is 0.146. The second kappa shape index (κ2) is 8.30. The molecule has 36 heavy (non-hydrogen) atoms. The first-order valence-corrected chi connectivity index (χ1v) is 10.4. The second-order valence-corrected chi connectivity index (χ2v) is 7.86. The second-order valence-electron chi connectivity index (χ2n) is 7.86. The molecule has 0 radical (unpaired) electrons. The van der Waals surface area contributed by atoms with Crippen molar-refractivity contribution in [1.82, 2.24) is 9.97 Å². The molecule has 1 aliphatic rings. The zero-order chi connectivity index (χ0) is 25.7.